The molecule has 0 amide bonds. The molecule has 0 radical (unpaired) electrons. The lowest BCUT2D eigenvalue weighted by Gasteiger charge is -2.38. The largest absolute Gasteiger partial charge is 0.471 e. The third-order valence-electron chi connectivity index (χ3n) is 4.33. The molecule has 140 valence electrons. The number of nitrogens with zero attached hydrogens (tertiary/aromatic N) is 3. The van der Waals surface area contributed by atoms with Gasteiger partial charge in [-0.15, -0.1) is 0 Å². The first-order valence-corrected chi connectivity index (χ1v) is 8.71. The molecule has 4 nitrogen and oxygen atoms in total. The highest BCUT2D eigenvalue weighted by atomic mass is 19.4. The molecule has 0 spiro atoms. The van der Waals surface area contributed by atoms with Crippen molar-refractivity contribution in [2.75, 3.05) is 0 Å². The van der Waals surface area contributed by atoms with Gasteiger partial charge < -0.3 is 9.64 Å². The zero-order valence-corrected chi connectivity index (χ0v) is 14.6. The summed E-state index contributed by atoms with van der Waals surface area (Å²) in [6.45, 7) is 0.928. The SMILES string of the molecule is CCC(c1cnn(CC(F)(F)F)c1)N1C=CCCC1Oc1ccccc1. The van der Waals surface area contributed by atoms with Gasteiger partial charge in [-0.2, -0.15) is 18.3 Å². The fourth-order valence-corrected chi connectivity index (χ4v) is 3.20. The summed E-state index contributed by atoms with van der Waals surface area (Å²) in [4.78, 5) is 2.07. The zero-order valence-electron chi connectivity index (χ0n) is 14.6. The Bertz CT molecular complexity index is 727. The fourth-order valence-electron chi connectivity index (χ4n) is 3.20. The Labute approximate surface area is 150 Å². The summed E-state index contributed by atoms with van der Waals surface area (Å²) in [5, 5.41) is 3.88. The first-order valence-electron chi connectivity index (χ1n) is 8.71. The second kappa shape index (κ2) is 7.85. The number of aromatic nitrogens is 2. The number of rotatable bonds is 6. The number of hydrogen-bond donors (Lipinski definition) is 0. The van der Waals surface area contributed by atoms with Crippen molar-refractivity contribution in [1.29, 1.82) is 0 Å². The van der Waals surface area contributed by atoms with Gasteiger partial charge in [0.05, 0.1) is 12.2 Å². The van der Waals surface area contributed by atoms with Crippen molar-refractivity contribution in [3.63, 3.8) is 0 Å². The minimum absolute atomic E-state index is 0.0951. The number of para-hydroxylation sites is 1. The van der Waals surface area contributed by atoms with E-state index >= 15 is 0 Å². The van der Waals surface area contributed by atoms with E-state index in [1.807, 2.05) is 43.5 Å². The number of alkyl halides is 3. The average Bonchev–Trinajstić information content (AvgIpc) is 3.04. The predicted molar refractivity (Wildman–Crippen MR) is 92.4 cm³/mol. The second-order valence-corrected chi connectivity index (χ2v) is 6.31. The van der Waals surface area contributed by atoms with E-state index in [0.29, 0.717) is 0 Å². The van der Waals surface area contributed by atoms with Crippen LogP contribution >= 0.6 is 0 Å². The maximum atomic E-state index is 12.6. The fraction of sp³-hybridized carbons (Fsp3) is 0.421. The Morgan fingerprint density at radius 1 is 1.27 bits per heavy atom. The van der Waals surface area contributed by atoms with E-state index in [2.05, 4.69) is 16.1 Å². The van der Waals surface area contributed by atoms with Gasteiger partial charge in [-0.05, 0) is 31.2 Å². The molecule has 0 bridgehead atoms. The zero-order chi connectivity index (χ0) is 18.6. The summed E-state index contributed by atoms with van der Waals surface area (Å²) < 4.78 is 44.8. The van der Waals surface area contributed by atoms with E-state index in [0.717, 1.165) is 35.3 Å². The van der Waals surface area contributed by atoms with Gasteiger partial charge in [0.1, 0.15) is 12.3 Å². The maximum Gasteiger partial charge on any atom is 0.408 e. The highest BCUT2D eigenvalue weighted by Gasteiger charge is 2.31. The summed E-state index contributed by atoms with van der Waals surface area (Å²) in [7, 11) is 0. The minimum Gasteiger partial charge on any atom is -0.471 e. The Morgan fingerprint density at radius 3 is 2.73 bits per heavy atom. The predicted octanol–water partition coefficient (Wildman–Crippen LogP) is 4.91. The van der Waals surface area contributed by atoms with Crippen molar-refractivity contribution < 1.29 is 17.9 Å². The van der Waals surface area contributed by atoms with E-state index in [4.69, 9.17) is 4.74 Å². The molecule has 26 heavy (non-hydrogen) atoms. The third-order valence-corrected chi connectivity index (χ3v) is 4.33. The first-order chi connectivity index (χ1) is 12.5. The smallest absolute Gasteiger partial charge is 0.408 e. The molecule has 3 rings (SSSR count). The third kappa shape index (κ3) is 4.59. The number of ether oxygens (including phenoxy) is 1. The van der Waals surface area contributed by atoms with E-state index in [1.54, 1.807) is 0 Å². The molecule has 1 aromatic heterocycles. The van der Waals surface area contributed by atoms with Crippen LogP contribution in [-0.2, 0) is 6.54 Å². The van der Waals surface area contributed by atoms with Gasteiger partial charge in [0, 0.05) is 18.2 Å². The highest BCUT2D eigenvalue weighted by Crippen LogP contribution is 2.32. The molecule has 0 aliphatic carbocycles. The van der Waals surface area contributed by atoms with E-state index < -0.39 is 12.7 Å². The topological polar surface area (TPSA) is 30.3 Å². The van der Waals surface area contributed by atoms with Crippen LogP contribution in [0.5, 0.6) is 5.75 Å². The van der Waals surface area contributed by atoms with Gasteiger partial charge in [-0.25, -0.2) is 0 Å². The molecule has 2 heterocycles. The number of allylic oxidation sites excluding steroid dienone is 1. The second-order valence-electron chi connectivity index (χ2n) is 6.31. The molecular weight excluding hydrogens is 343 g/mol. The van der Waals surface area contributed by atoms with Gasteiger partial charge in [-0.1, -0.05) is 31.2 Å². The Hall–Kier alpha value is -2.44. The van der Waals surface area contributed by atoms with Crippen LogP contribution in [0.3, 0.4) is 0 Å². The summed E-state index contributed by atoms with van der Waals surface area (Å²) in [6.07, 6.45) is 5.03. The molecule has 2 atom stereocenters. The van der Waals surface area contributed by atoms with E-state index in [9.17, 15) is 13.2 Å². The molecule has 0 fully saturated rings. The lowest BCUT2D eigenvalue weighted by molar-refractivity contribution is -0.142. The van der Waals surface area contributed by atoms with Crippen LogP contribution in [-0.4, -0.2) is 27.1 Å². The van der Waals surface area contributed by atoms with Crippen LogP contribution in [0.4, 0.5) is 13.2 Å². The van der Waals surface area contributed by atoms with Gasteiger partial charge >= 0.3 is 6.18 Å². The first kappa shape index (κ1) is 18.4. The minimum atomic E-state index is -4.28. The summed E-state index contributed by atoms with van der Waals surface area (Å²) in [5.74, 6) is 0.778. The van der Waals surface area contributed by atoms with Gasteiger partial charge in [0.15, 0.2) is 6.23 Å². The molecule has 0 saturated heterocycles. The van der Waals surface area contributed by atoms with Crippen LogP contribution in [0.15, 0.2) is 55.0 Å². The molecule has 2 aromatic rings. The lowest BCUT2D eigenvalue weighted by Crippen LogP contribution is -2.39. The van der Waals surface area contributed by atoms with Crippen molar-refractivity contribution in [2.45, 2.75) is 51.2 Å². The molecule has 1 aliphatic heterocycles. The number of halogens is 3. The van der Waals surface area contributed by atoms with Crippen molar-refractivity contribution >= 4 is 0 Å². The van der Waals surface area contributed by atoms with E-state index in [1.165, 1.54) is 12.4 Å². The summed E-state index contributed by atoms with van der Waals surface area (Å²) in [6, 6.07) is 9.46. The molecule has 7 heteroatoms. The van der Waals surface area contributed by atoms with Crippen LogP contribution in [0.25, 0.3) is 0 Å². The van der Waals surface area contributed by atoms with Crippen molar-refractivity contribution in [1.82, 2.24) is 14.7 Å². The van der Waals surface area contributed by atoms with Crippen LogP contribution in [0, 0.1) is 0 Å². The molecular formula is C19H22F3N3O. The Balaban J connectivity index is 1.78. The number of hydrogen-bond acceptors (Lipinski definition) is 3. The van der Waals surface area contributed by atoms with Gasteiger partial charge in [0.2, 0.25) is 0 Å². The van der Waals surface area contributed by atoms with Crippen molar-refractivity contribution in [3.05, 3.63) is 60.6 Å². The Kier molecular flexibility index (Phi) is 5.54. The van der Waals surface area contributed by atoms with Crippen LogP contribution in [0.2, 0.25) is 0 Å². The quantitative estimate of drug-likeness (QED) is 0.729. The standard InChI is InChI=1S/C19H22F3N3O/c1-2-17(15-12-23-24(13-15)14-19(20,21)22)25-11-7-6-10-18(25)26-16-8-4-3-5-9-16/h3-5,7-9,11-13,17-18H,2,6,10,14H2,1H3. The highest BCUT2D eigenvalue weighted by molar-refractivity contribution is 5.22. The normalized spacial score (nSPS) is 18.8. The van der Waals surface area contributed by atoms with Crippen molar-refractivity contribution in [2.24, 2.45) is 0 Å². The lowest BCUT2D eigenvalue weighted by atomic mass is 10.0. The van der Waals surface area contributed by atoms with Crippen LogP contribution < -0.4 is 4.74 Å². The molecule has 2 unspecified atom stereocenters. The average molecular weight is 365 g/mol. The molecule has 1 aliphatic rings. The maximum absolute atomic E-state index is 12.6. The van der Waals surface area contributed by atoms with E-state index in [-0.39, 0.29) is 12.3 Å². The van der Waals surface area contributed by atoms with Crippen molar-refractivity contribution in [3.8, 4) is 5.75 Å². The Morgan fingerprint density at radius 2 is 2.04 bits per heavy atom. The van der Waals surface area contributed by atoms with Crippen LogP contribution in [0.1, 0.15) is 37.8 Å². The van der Waals surface area contributed by atoms with Gasteiger partial charge in [-0.3, -0.25) is 4.68 Å². The summed E-state index contributed by atoms with van der Waals surface area (Å²) >= 11 is 0. The van der Waals surface area contributed by atoms with Gasteiger partial charge in [0.25, 0.3) is 0 Å². The molecule has 0 saturated carbocycles. The monoisotopic (exact) mass is 365 g/mol. The number of benzene rings is 1. The summed E-state index contributed by atoms with van der Waals surface area (Å²) in [5.41, 5.74) is 0.755. The molecule has 1 aromatic carbocycles. The molecule has 0 N–H and O–H groups in total.